The van der Waals surface area contributed by atoms with E-state index in [4.69, 9.17) is 5.73 Å². The topological polar surface area (TPSA) is 68.0 Å². The highest BCUT2D eigenvalue weighted by atomic mass is 16.2. The standard InChI is InChI=1S/C17H15N3O/c18-16(12-6-2-1-3-7-12)17(21)20-15-10-4-9-14-13(15)8-5-11-19-14/h1-11,16H,18H2,(H,20,21)/t16-/m0/s1. The van der Waals surface area contributed by atoms with Crippen molar-refractivity contribution in [1.82, 2.24) is 4.98 Å². The number of amides is 1. The van der Waals surface area contributed by atoms with E-state index in [2.05, 4.69) is 10.3 Å². The van der Waals surface area contributed by atoms with Gasteiger partial charge in [-0.2, -0.15) is 0 Å². The van der Waals surface area contributed by atoms with Crippen LogP contribution in [0.1, 0.15) is 11.6 Å². The van der Waals surface area contributed by atoms with E-state index in [-0.39, 0.29) is 5.91 Å². The Labute approximate surface area is 122 Å². The second-order valence-corrected chi connectivity index (χ2v) is 4.75. The molecule has 3 aromatic rings. The summed E-state index contributed by atoms with van der Waals surface area (Å²) in [5.41, 5.74) is 8.34. The van der Waals surface area contributed by atoms with Crippen molar-refractivity contribution < 1.29 is 4.79 Å². The van der Waals surface area contributed by atoms with Crippen LogP contribution in [0.15, 0.2) is 66.9 Å². The number of anilines is 1. The molecule has 1 amide bonds. The van der Waals surface area contributed by atoms with Gasteiger partial charge in [-0.3, -0.25) is 9.78 Å². The molecule has 0 aliphatic heterocycles. The highest BCUT2D eigenvalue weighted by Crippen LogP contribution is 2.22. The third kappa shape index (κ3) is 2.75. The Balaban J connectivity index is 1.87. The van der Waals surface area contributed by atoms with Gasteiger partial charge in [0.15, 0.2) is 0 Å². The minimum atomic E-state index is -0.696. The van der Waals surface area contributed by atoms with Gasteiger partial charge in [0.25, 0.3) is 0 Å². The zero-order valence-corrected chi connectivity index (χ0v) is 11.4. The van der Waals surface area contributed by atoms with Crippen LogP contribution in [-0.2, 0) is 4.79 Å². The molecule has 1 aromatic heterocycles. The molecule has 0 aliphatic carbocycles. The SMILES string of the molecule is N[C@H](C(=O)Nc1cccc2ncccc12)c1ccccc1. The van der Waals surface area contributed by atoms with Gasteiger partial charge in [-0.15, -0.1) is 0 Å². The third-order valence-corrected chi connectivity index (χ3v) is 3.34. The van der Waals surface area contributed by atoms with Crippen molar-refractivity contribution >= 4 is 22.5 Å². The predicted octanol–water partition coefficient (Wildman–Crippen LogP) is 2.87. The molecule has 4 nitrogen and oxygen atoms in total. The van der Waals surface area contributed by atoms with Gasteiger partial charge in [0, 0.05) is 11.6 Å². The van der Waals surface area contributed by atoms with Gasteiger partial charge < -0.3 is 11.1 Å². The van der Waals surface area contributed by atoms with E-state index in [1.54, 1.807) is 6.20 Å². The smallest absolute Gasteiger partial charge is 0.245 e. The molecule has 0 saturated carbocycles. The molecule has 21 heavy (non-hydrogen) atoms. The molecule has 104 valence electrons. The predicted molar refractivity (Wildman–Crippen MR) is 83.7 cm³/mol. The van der Waals surface area contributed by atoms with Crippen LogP contribution in [0, 0.1) is 0 Å². The maximum Gasteiger partial charge on any atom is 0.245 e. The van der Waals surface area contributed by atoms with E-state index in [1.807, 2.05) is 60.7 Å². The number of pyridine rings is 1. The number of nitrogens with one attached hydrogen (secondary N) is 1. The Bertz CT molecular complexity index is 766. The van der Waals surface area contributed by atoms with Crippen LogP contribution in [0.25, 0.3) is 10.9 Å². The summed E-state index contributed by atoms with van der Waals surface area (Å²) >= 11 is 0. The lowest BCUT2D eigenvalue weighted by molar-refractivity contribution is -0.117. The molecule has 0 spiro atoms. The summed E-state index contributed by atoms with van der Waals surface area (Å²) in [5, 5.41) is 3.78. The third-order valence-electron chi connectivity index (χ3n) is 3.34. The summed E-state index contributed by atoms with van der Waals surface area (Å²) in [7, 11) is 0. The lowest BCUT2D eigenvalue weighted by Gasteiger charge is -2.13. The minimum Gasteiger partial charge on any atom is -0.324 e. The van der Waals surface area contributed by atoms with Crippen LogP contribution >= 0.6 is 0 Å². The summed E-state index contributed by atoms with van der Waals surface area (Å²) in [6, 6.07) is 18.0. The first-order valence-corrected chi connectivity index (χ1v) is 6.71. The minimum absolute atomic E-state index is 0.238. The fourth-order valence-electron chi connectivity index (χ4n) is 2.23. The van der Waals surface area contributed by atoms with Crippen LogP contribution in [0.5, 0.6) is 0 Å². The molecule has 3 rings (SSSR count). The van der Waals surface area contributed by atoms with Crippen molar-refractivity contribution in [2.45, 2.75) is 6.04 Å². The van der Waals surface area contributed by atoms with Crippen molar-refractivity contribution in [1.29, 1.82) is 0 Å². The maximum absolute atomic E-state index is 12.3. The van der Waals surface area contributed by atoms with Gasteiger partial charge in [0.2, 0.25) is 5.91 Å². The van der Waals surface area contributed by atoms with E-state index in [1.165, 1.54) is 0 Å². The Morgan fingerprint density at radius 3 is 2.62 bits per heavy atom. The molecule has 0 fully saturated rings. The molecular weight excluding hydrogens is 262 g/mol. The van der Waals surface area contributed by atoms with Crippen LogP contribution in [0.3, 0.4) is 0 Å². The van der Waals surface area contributed by atoms with Gasteiger partial charge in [-0.25, -0.2) is 0 Å². The van der Waals surface area contributed by atoms with Crippen molar-refractivity contribution in [3.63, 3.8) is 0 Å². The van der Waals surface area contributed by atoms with Crippen LogP contribution < -0.4 is 11.1 Å². The molecule has 0 unspecified atom stereocenters. The van der Waals surface area contributed by atoms with Gasteiger partial charge in [-0.1, -0.05) is 36.4 Å². The fourth-order valence-corrected chi connectivity index (χ4v) is 2.23. The van der Waals surface area contributed by atoms with Crippen LogP contribution in [0.4, 0.5) is 5.69 Å². The highest BCUT2D eigenvalue weighted by molar-refractivity contribution is 6.03. The number of fused-ring (bicyclic) bond motifs is 1. The van der Waals surface area contributed by atoms with Gasteiger partial charge in [0.05, 0.1) is 11.2 Å². The molecule has 0 radical (unpaired) electrons. The number of carbonyl (C=O) groups excluding carboxylic acids is 1. The fraction of sp³-hybridized carbons (Fsp3) is 0.0588. The van der Waals surface area contributed by atoms with E-state index in [0.29, 0.717) is 0 Å². The van der Waals surface area contributed by atoms with Crippen molar-refractivity contribution in [3.8, 4) is 0 Å². The second kappa shape index (κ2) is 5.73. The molecule has 2 aromatic carbocycles. The van der Waals surface area contributed by atoms with E-state index in [9.17, 15) is 4.79 Å². The molecule has 4 heteroatoms. The van der Waals surface area contributed by atoms with Crippen molar-refractivity contribution in [3.05, 3.63) is 72.4 Å². The Morgan fingerprint density at radius 2 is 1.81 bits per heavy atom. The molecule has 1 atom stereocenters. The number of hydrogen-bond acceptors (Lipinski definition) is 3. The molecule has 3 N–H and O–H groups in total. The van der Waals surface area contributed by atoms with E-state index in [0.717, 1.165) is 22.2 Å². The number of hydrogen-bond donors (Lipinski definition) is 2. The van der Waals surface area contributed by atoms with Crippen molar-refractivity contribution in [2.24, 2.45) is 5.73 Å². The number of nitrogens with two attached hydrogens (primary N) is 1. The first kappa shape index (κ1) is 13.3. The normalized spacial score (nSPS) is 12.0. The lowest BCUT2D eigenvalue weighted by atomic mass is 10.1. The molecule has 0 saturated heterocycles. The Hall–Kier alpha value is -2.72. The average Bonchev–Trinajstić information content (AvgIpc) is 2.55. The van der Waals surface area contributed by atoms with E-state index >= 15 is 0 Å². The average molecular weight is 277 g/mol. The maximum atomic E-state index is 12.3. The lowest BCUT2D eigenvalue weighted by Crippen LogP contribution is -2.27. The summed E-state index contributed by atoms with van der Waals surface area (Å²) < 4.78 is 0. The highest BCUT2D eigenvalue weighted by Gasteiger charge is 2.16. The number of rotatable bonds is 3. The monoisotopic (exact) mass is 277 g/mol. The number of benzene rings is 2. The molecular formula is C17H15N3O. The molecule has 1 heterocycles. The quantitative estimate of drug-likeness (QED) is 0.773. The Kier molecular flexibility index (Phi) is 3.62. The van der Waals surface area contributed by atoms with Crippen molar-refractivity contribution in [2.75, 3.05) is 5.32 Å². The first-order chi connectivity index (χ1) is 10.3. The summed E-state index contributed by atoms with van der Waals surface area (Å²) in [5.74, 6) is -0.238. The van der Waals surface area contributed by atoms with Gasteiger partial charge in [-0.05, 0) is 29.8 Å². The second-order valence-electron chi connectivity index (χ2n) is 4.75. The van der Waals surface area contributed by atoms with Crippen LogP contribution in [0.2, 0.25) is 0 Å². The molecule has 0 aliphatic rings. The first-order valence-electron chi connectivity index (χ1n) is 6.71. The van der Waals surface area contributed by atoms with Gasteiger partial charge >= 0.3 is 0 Å². The number of carbonyl (C=O) groups is 1. The zero-order chi connectivity index (χ0) is 14.7. The largest absolute Gasteiger partial charge is 0.324 e. The van der Waals surface area contributed by atoms with Gasteiger partial charge in [0.1, 0.15) is 6.04 Å². The molecule has 0 bridgehead atoms. The summed E-state index contributed by atoms with van der Waals surface area (Å²) in [6.45, 7) is 0. The summed E-state index contributed by atoms with van der Waals surface area (Å²) in [6.07, 6.45) is 1.73. The summed E-state index contributed by atoms with van der Waals surface area (Å²) in [4.78, 5) is 16.6. The zero-order valence-electron chi connectivity index (χ0n) is 11.4. The number of aromatic nitrogens is 1. The number of nitrogens with zero attached hydrogens (tertiary/aromatic N) is 1. The van der Waals surface area contributed by atoms with Crippen LogP contribution in [-0.4, -0.2) is 10.9 Å². The van der Waals surface area contributed by atoms with E-state index < -0.39 is 6.04 Å². The Morgan fingerprint density at radius 1 is 1.00 bits per heavy atom.